The van der Waals surface area contributed by atoms with Gasteiger partial charge in [0.1, 0.15) is 0 Å². The predicted octanol–water partition coefficient (Wildman–Crippen LogP) is 4.42. The van der Waals surface area contributed by atoms with E-state index in [-0.39, 0.29) is 11.8 Å². The van der Waals surface area contributed by atoms with Gasteiger partial charge in [0.25, 0.3) is 0 Å². The Morgan fingerprint density at radius 3 is 2.48 bits per heavy atom. The lowest BCUT2D eigenvalue weighted by Gasteiger charge is -2.29. The quantitative estimate of drug-likeness (QED) is 0.841. The molecule has 0 radical (unpaired) electrons. The second-order valence-electron chi connectivity index (χ2n) is 6.61. The Kier molecular flexibility index (Phi) is 4.47. The summed E-state index contributed by atoms with van der Waals surface area (Å²) in [6.45, 7) is 2.30. The van der Waals surface area contributed by atoms with Gasteiger partial charge in [-0.3, -0.25) is 4.79 Å². The fourth-order valence-corrected chi connectivity index (χ4v) is 3.23. The first kappa shape index (κ1) is 14.4. The van der Waals surface area contributed by atoms with Gasteiger partial charge in [-0.15, -0.1) is 0 Å². The minimum absolute atomic E-state index is 0.176. The molecule has 0 spiro atoms. The largest absolute Gasteiger partial charge is 0.382 e. The topological polar surface area (TPSA) is 41.1 Å². The van der Waals surface area contributed by atoms with E-state index in [1.54, 1.807) is 0 Å². The minimum atomic E-state index is 0.176. The first-order valence-electron chi connectivity index (χ1n) is 8.42. The SMILES string of the molecule is CCC1CCC(Nc2cccc(NC(=O)C3CC3)c2)CC1. The van der Waals surface area contributed by atoms with Crippen molar-refractivity contribution in [1.29, 1.82) is 0 Å². The molecule has 3 rings (SSSR count). The summed E-state index contributed by atoms with van der Waals surface area (Å²) in [5.74, 6) is 1.36. The molecule has 0 unspecified atom stereocenters. The van der Waals surface area contributed by atoms with Gasteiger partial charge in [-0.2, -0.15) is 0 Å². The lowest BCUT2D eigenvalue weighted by Crippen LogP contribution is -2.25. The molecule has 0 heterocycles. The number of hydrogen-bond acceptors (Lipinski definition) is 2. The van der Waals surface area contributed by atoms with Crippen molar-refractivity contribution in [3.8, 4) is 0 Å². The van der Waals surface area contributed by atoms with Crippen LogP contribution >= 0.6 is 0 Å². The molecule has 1 aromatic rings. The molecule has 2 saturated carbocycles. The smallest absolute Gasteiger partial charge is 0.227 e. The molecule has 3 heteroatoms. The molecule has 21 heavy (non-hydrogen) atoms. The molecule has 0 atom stereocenters. The van der Waals surface area contributed by atoms with Crippen molar-refractivity contribution in [3.05, 3.63) is 24.3 Å². The second-order valence-corrected chi connectivity index (χ2v) is 6.61. The summed E-state index contributed by atoms with van der Waals surface area (Å²) in [6.07, 6.45) is 8.61. The molecule has 3 nitrogen and oxygen atoms in total. The average Bonchev–Trinajstić information content (AvgIpc) is 3.33. The Labute approximate surface area is 127 Å². The van der Waals surface area contributed by atoms with Crippen molar-refractivity contribution in [3.63, 3.8) is 0 Å². The highest BCUT2D eigenvalue weighted by atomic mass is 16.2. The Morgan fingerprint density at radius 1 is 1.10 bits per heavy atom. The van der Waals surface area contributed by atoms with Crippen LogP contribution in [0.25, 0.3) is 0 Å². The summed E-state index contributed by atoms with van der Waals surface area (Å²) in [6, 6.07) is 8.73. The Hall–Kier alpha value is -1.51. The summed E-state index contributed by atoms with van der Waals surface area (Å²) < 4.78 is 0. The summed E-state index contributed by atoms with van der Waals surface area (Å²) in [5.41, 5.74) is 2.04. The molecule has 0 saturated heterocycles. The molecule has 1 amide bonds. The number of anilines is 2. The Morgan fingerprint density at radius 2 is 1.81 bits per heavy atom. The number of hydrogen-bond donors (Lipinski definition) is 2. The second kappa shape index (κ2) is 6.50. The van der Waals surface area contributed by atoms with Gasteiger partial charge in [0, 0.05) is 23.3 Å². The van der Waals surface area contributed by atoms with Crippen LogP contribution in [0.1, 0.15) is 51.9 Å². The summed E-state index contributed by atoms with van der Waals surface area (Å²) >= 11 is 0. The van der Waals surface area contributed by atoms with Gasteiger partial charge in [0.05, 0.1) is 0 Å². The molecule has 0 aliphatic heterocycles. The Balaban J connectivity index is 1.54. The highest BCUT2D eigenvalue weighted by Gasteiger charge is 2.29. The molecule has 0 aromatic heterocycles. The summed E-state index contributed by atoms with van der Waals surface area (Å²) in [7, 11) is 0. The lowest BCUT2D eigenvalue weighted by molar-refractivity contribution is -0.117. The van der Waals surface area contributed by atoms with Gasteiger partial charge in [-0.05, 0) is 62.6 Å². The van der Waals surface area contributed by atoms with Crippen molar-refractivity contribution in [2.45, 2.75) is 57.9 Å². The van der Waals surface area contributed by atoms with Crippen LogP contribution in [0.2, 0.25) is 0 Å². The number of nitrogens with one attached hydrogen (secondary N) is 2. The van der Waals surface area contributed by atoms with Crippen molar-refractivity contribution >= 4 is 17.3 Å². The number of amides is 1. The molecular weight excluding hydrogens is 260 g/mol. The van der Waals surface area contributed by atoms with E-state index >= 15 is 0 Å². The van der Waals surface area contributed by atoms with E-state index < -0.39 is 0 Å². The third kappa shape index (κ3) is 3.99. The van der Waals surface area contributed by atoms with Gasteiger partial charge in [0.2, 0.25) is 5.91 Å². The van der Waals surface area contributed by atoms with E-state index in [2.05, 4.69) is 29.7 Å². The first-order valence-corrected chi connectivity index (χ1v) is 8.42. The fourth-order valence-electron chi connectivity index (χ4n) is 3.23. The van der Waals surface area contributed by atoms with Crippen LogP contribution in [-0.4, -0.2) is 11.9 Å². The number of carbonyl (C=O) groups is 1. The highest BCUT2D eigenvalue weighted by molar-refractivity contribution is 5.94. The van der Waals surface area contributed by atoms with Crippen molar-refractivity contribution in [2.75, 3.05) is 10.6 Å². The minimum Gasteiger partial charge on any atom is -0.382 e. The van der Waals surface area contributed by atoms with Crippen LogP contribution in [0.5, 0.6) is 0 Å². The Bertz CT molecular complexity index is 488. The predicted molar refractivity (Wildman–Crippen MR) is 87.5 cm³/mol. The van der Waals surface area contributed by atoms with Gasteiger partial charge in [0.15, 0.2) is 0 Å². The monoisotopic (exact) mass is 286 g/mol. The molecular formula is C18H26N2O. The fraction of sp³-hybridized carbons (Fsp3) is 0.611. The van der Waals surface area contributed by atoms with Crippen molar-refractivity contribution < 1.29 is 4.79 Å². The van der Waals surface area contributed by atoms with Crippen LogP contribution in [0.15, 0.2) is 24.3 Å². The lowest BCUT2D eigenvalue weighted by atomic mass is 9.84. The van der Waals surface area contributed by atoms with Crippen LogP contribution in [0.3, 0.4) is 0 Å². The highest BCUT2D eigenvalue weighted by Crippen LogP contribution is 2.31. The van der Waals surface area contributed by atoms with Crippen LogP contribution < -0.4 is 10.6 Å². The van der Waals surface area contributed by atoms with Gasteiger partial charge in [-0.1, -0.05) is 19.4 Å². The summed E-state index contributed by atoms with van der Waals surface area (Å²) in [5, 5.41) is 6.65. The van der Waals surface area contributed by atoms with E-state index in [9.17, 15) is 4.79 Å². The maximum atomic E-state index is 11.8. The molecule has 1 aromatic carbocycles. The summed E-state index contributed by atoms with van der Waals surface area (Å²) in [4.78, 5) is 11.8. The van der Waals surface area contributed by atoms with Gasteiger partial charge < -0.3 is 10.6 Å². The molecule has 2 fully saturated rings. The van der Waals surface area contributed by atoms with E-state index in [4.69, 9.17) is 0 Å². The number of benzene rings is 1. The zero-order valence-electron chi connectivity index (χ0n) is 12.9. The molecule has 0 bridgehead atoms. The number of carbonyl (C=O) groups excluding carboxylic acids is 1. The molecule has 2 aliphatic rings. The molecule has 2 aliphatic carbocycles. The van der Waals surface area contributed by atoms with Crippen LogP contribution in [0, 0.1) is 11.8 Å². The van der Waals surface area contributed by atoms with Gasteiger partial charge >= 0.3 is 0 Å². The third-order valence-corrected chi connectivity index (χ3v) is 4.87. The van der Waals surface area contributed by atoms with Gasteiger partial charge in [-0.25, -0.2) is 0 Å². The molecule has 114 valence electrons. The maximum absolute atomic E-state index is 11.8. The van der Waals surface area contributed by atoms with E-state index in [1.165, 1.54) is 32.1 Å². The molecule has 2 N–H and O–H groups in total. The zero-order valence-corrected chi connectivity index (χ0v) is 12.9. The number of rotatable bonds is 5. The zero-order chi connectivity index (χ0) is 14.7. The van der Waals surface area contributed by atoms with E-state index in [0.717, 1.165) is 30.1 Å². The van der Waals surface area contributed by atoms with Crippen LogP contribution in [0.4, 0.5) is 11.4 Å². The van der Waals surface area contributed by atoms with E-state index in [0.29, 0.717) is 6.04 Å². The van der Waals surface area contributed by atoms with Crippen molar-refractivity contribution in [2.24, 2.45) is 11.8 Å². The standard InChI is InChI=1S/C18H26N2O/c1-2-13-6-10-15(11-7-13)19-16-4-3-5-17(12-16)20-18(21)14-8-9-14/h3-5,12-15,19H,2,6-11H2,1H3,(H,20,21). The maximum Gasteiger partial charge on any atom is 0.227 e. The van der Waals surface area contributed by atoms with Crippen molar-refractivity contribution in [1.82, 2.24) is 0 Å². The van der Waals surface area contributed by atoms with Crippen LogP contribution in [-0.2, 0) is 4.79 Å². The first-order chi connectivity index (χ1) is 10.2. The van der Waals surface area contributed by atoms with E-state index in [1.807, 2.05) is 12.1 Å². The average molecular weight is 286 g/mol. The normalized spacial score (nSPS) is 25.4. The third-order valence-electron chi connectivity index (χ3n) is 4.87.